The number of hydrogen-bond donors (Lipinski definition) is 0. The van der Waals surface area contributed by atoms with E-state index in [0.717, 1.165) is 18.9 Å². The van der Waals surface area contributed by atoms with Crippen LogP contribution in [0, 0.1) is 0 Å². The van der Waals surface area contributed by atoms with Crippen molar-refractivity contribution in [2.75, 3.05) is 0 Å². The molecule has 0 N–H and O–H groups in total. The molecule has 82 heavy (non-hydrogen) atoms. The van der Waals surface area contributed by atoms with Gasteiger partial charge in [0.1, 0.15) is 0 Å². The van der Waals surface area contributed by atoms with Crippen molar-refractivity contribution in [3.63, 3.8) is 0 Å². The standard InChI is InChI=1S/C26F48O8/c27-5(28)1(75-23(63,64)15(47,79-71)11(39,40)19(51,52)53)6(29,30)3(77-25(67,68)17(49,81-73)13(43,44)21(57,58)59)8(33,34)2(5,76-24(65,66)16(48,80-72)12(41,42)20(54,55)56)9(35,36)4(7(1,31)32,10(3,37)38)78-26(69,70)18(50,82-74)14(45,46)22(60,61)62. The van der Waals surface area contributed by atoms with E-state index in [0.29, 0.717) is 19.8 Å². The molecule has 0 heterocycles. The Kier molecular flexibility index (Phi) is 15.5. The molecule has 4 rings (SSSR count). The lowest BCUT2D eigenvalue weighted by atomic mass is 9.38. The molecule has 0 saturated heterocycles. The second-order valence-electron chi connectivity index (χ2n) is 15.6. The lowest BCUT2D eigenvalue weighted by Gasteiger charge is -2.79. The third-order valence-electron chi connectivity index (χ3n) is 11.4. The van der Waals surface area contributed by atoms with Gasteiger partial charge in [0.05, 0.1) is 0 Å². The largest absolute Gasteiger partial charge is 0.460 e. The van der Waals surface area contributed by atoms with Gasteiger partial charge in [0.25, 0.3) is 22.4 Å². The molecule has 4 aliphatic carbocycles. The maximum absolute atomic E-state index is 16.9. The number of hydrogen-bond acceptors (Lipinski definition) is 8. The van der Waals surface area contributed by atoms with E-state index in [1.54, 1.807) is 0 Å². The summed E-state index contributed by atoms with van der Waals surface area (Å²) in [5, 5.41) is 0. The van der Waals surface area contributed by atoms with Gasteiger partial charge in [-0.05, 0) is 18.1 Å². The normalized spacial score (nSPS) is 31.0. The molecule has 4 fully saturated rings. The maximum atomic E-state index is 16.9. The fourth-order valence-electron chi connectivity index (χ4n) is 7.49. The highest BCUT2D eigenvalue weighted by Crippen LogP contribution is 2.91. The Hall–Kier alpha value is -3.68. The van der Waals surface area contributed by atoms with Gasteiger partial charge in [-0.25, -0.2) is 0 Å². The Morgan fingerprint density at radius 2 is 0.280 bits per heavy atom. The van der Waals surface area contributed by atoms with Gasteiger partial charge in [0, 0.05) is 0 Å². The van der Waals surface area contributed by atoms with Gasteiger partial charge in [-0.15, -0.1) is 19.8 Å². The lowest BCUT2D eigenvalue weighted by Crippen LogP contribution is -3.13. The van der Waals surface area contributed by atoms with Gasteiger partial charge >= 0.3 is 132 Å². The molecule has 0 amide bonds. The summed E-state index contributed by atoms with van der Waals surface area (Å²) in [5.41, 5.74) is -45.6. The highest BCUT2D eigenvalue weighted by molar-refractivity contribution is 5.56. The first-order chi connectivity index (χ1) is 35.1. The Morgan fingerprint density at radius 1 is 0.183 bits per heavy atom. The van der Waals surface area contributed by atoms with Crippen molar-refractivity contribution < 1.29 is 250 Å². The van der Waals surface area contributed by atoms with Crippen molar-refractivity contribution in [2.45, 2.75) is 154 Å². The topological polar surface area (TPSA) is 73.8 Å². The zero-order valence-corrected chi connectivity index (χ0v) is 34.4. The van der Waals surface area contributed by atoms with Gasteiger partial charge in [0.15, 0.2) is 0 Å². The van der Waals surface area contributed by atoms with Crippen molar-refractivity contribution in [1.82, 2.24) is 0 Å². The molecule has 8 nitrogen and oxygen atoms in total. The minimum Gasteiger partial charge on any atom is -0.289 e. The first-order valence-electron chi connectivity index (χ1n) is 17.4. The molecular formula is C26F48O8. The van der Waals surface area contributed by atoms with Gasteiger partial charge in [-0.1, -0.05) is 0 Å². The Balaban J connectivity index is 3.28. The van der Waals surface area contributed by atoms with Crippen molar-refractivity contribution in [3.05, 3.63) is 0 Å². The molecule has 0 spiro atoms. The summed E-state index contributed by atoms with van der Waals surface area (Å²) >= 11 is 0. The van der Waals surface area contributed by atoms with Crippen LogP contribution in [0.15, 0.2) is 0 Å². The molecule has 4 unspecified atom stereocenters. The zero-order valence-electron chi connectivity index (χ0n) is 34.4. The summed E-state index contributed by atoms with van der Waals surface area (Å²) in [6.45, 7) is 0. The molecule has 0 aliphatic heterocycles. The number of halogens is 48. The Bertz CT molecular complexity index is 2020. The summed E-state index contributed by atoms with van der Waals surface area (Å²) in [6, 6.07) is 0. The smallest absolute Gasteiger partial charge is 0.289 e. The maximum Gasteiger partial charge on any atom is 0.460 e. The van der Waals surface area contributed by atoms with Crippen LogP contribution >= 0.6 is 0 Å². The molecular weight excluding hydrogens is 1350 g/mol. The van der Waals surface area contributed by atoms with Crippen LogP contribution in [0.5, 0.6) is 0 Å². The van der Waals surface area contributed by atoms with E-state index in [1.165, 1.54) is 0 Å². The van der Waals surface area contributed by atoms with Crippen molar-refractivity contribution in [1.29, 1.82) is 0 Å². The van der Waals surface area contributed by atoms with Crippen LogP contribution in [0.1, 0.15) is 0 Å². The van der Waals surface area contributed by atoms with E-state index in [9.17, 15) is 106 Å². The third kappa shape index (κ3) is 7.02. The summed E-state index contributed by atoms with van der Waals surface area (Å²) in [7, 11) is 0. The monoisotopic (exact) mass is 1350 g/mol. The number of rotatable bonds is 20. The summed E-state index contributed by atoms with van der Waals surface area (Å²) in [5.74, 6) is -146. The number of alkyl halides is 44. The SMILES string of the molecule is FOC(F)(C(F)(F)OC12C(F)(F)C3(OC(F)(F)C(F)(OF)C(F)(F)C(F)(F)F)C(F)(F)C(OC(F)(F)C(F)(OF)C(F)(F)C(F)(F)F)(C1(F)F)C(F)(F)C(OC(F)(F)C(F)(OF)C(F)(F)C(F)(F)F)(C2(F)F)C3(F)F)C(F)(F)C(F)(F)F. The van der Waals surface area contributed by atoms with Gasteiger partial charge in [0.2, 0.25) is 0 Å². The second-order valence-corrected chi connectivity index (χ2v) is 15.6. The summed E-state index contributed by atoms with van der Waals surface area (Å²) < 4.78 is 713. The van der Waals surface area contributed by atoms with Gasteiger partial charge in [-0.3, -0.25) is 18.9 Å². The van der Waals surface area contributed by atoms with Crippen LogP contribution in [-0.4, -0.2) is 154 Å². The Morgan fingerprint density at radius 3 is 0.354 bits per heavy atom. The average molecular weight is 1350 g/mol. The fourth-order valence-corrected chi connectivity index (χ4v) is 7.49. The van der Waals surface area contributed by atoms with Crippen LogP contribution in [0.3, 0.4) is 0 Å². The number of ether oxygens (including phenoxy) is 4. The molecule has 4 aliphatic rings. The van der Waals surface area contributed by atoms with Gasteiger partial charge in [-0.2, -0.15) is 193 Å². The van der Waals surface area contributed by atoms with E-state index < -0.39 is 154 Å². The quantitative estimate of drug-likeness (QED) is 0.112. The van der Waals surface area contributed by atoms with Crippen LogP contribution in [0.25, 0.3) is 0 Å². The third-order valence-corrected chi connectivity index (χ3v) is 11.4. The van der Waals surface area contributed by atoms with Crippen molar-refractivity contribution in [3.8, 4) is 0 Å². The molecule has 0 aromatic carbocycles. The zero-order chi connectivity index (χ0) is 66.7. The minimum absolute atomic E-state index is 0.401. The predicted molar refractivity (Wildman–Crippen MR) is 133 cm³/mol. The average Bonchev–Trinajstić information content (AvgIpc) is 3.25. The minimum atomic E-state index is -11.4. The van der Waals surface area contributed by atoms with E-state index in [-0.39, 0.29) is 0 Å². The van der Waals surface area contributed by atoms with Crippen molar-refractivity contribution in [2.24, 2.45) is 0 Å². The molecule has 0 aromatic heterocycles. The molecule has 4 bridgehead atoms. The molecule has 4 saturated carbocycles. The van der Waals surface area contributed by atoms with Crippen LogP contribution in [-0.2, 0) is 38.7 Å². The van der Waals surface area contributed by atoms with E-state index in [4.69, 9.17) is 0 Å². The first kappa shape index (κ1) is 72.6. The van der Waals surface area contributed by atoms with Crippen molar-refractivity contribution >= 4 is 0 Å². The van der Waals surface area contributed by atoms with Gasteiger partial charge < -0.3 is 0 Å². The van der Waals surface area contributed by atoms with E-state index in [2.05, 4.69) is 0 Å². The Labute approximate surface area is 405 Å². The highest BCUT2D eigenvalue weighted by atomic mass is 19.5. The fraction of sp³-hybridized carbons (Fsp3) is 1.00. The van der Waals surface area contributed by atoms with E-state index in [1.807, 2.05) is 0 Å². The van der Waals surface area contributed by atoms with Crippen LogP contribution < -0.4 is 0 Å². The second kappa shape index (κ2) is 17.5. The van der Waals surface area contributed by atoms with Crippen LogP contribution in [0.2, 0.25) is 0 Å². The lowest BCUT2D eigenvalue weighted by molar-refractivity contribution is -0.697. The molecule has 0 radical (unpaired) electrons. The van der Waals surface area contributed by atoms with Crippen LogP contribution in [0.4, 0.5) is 211 Å². The molecule has 0 aromatic rings. The molecule has 488 valence electrons. The van der Waals surface area contributed by atoms with E-state index >= 15 is 105 Å². The highest BCUT2D eigenvalue weighted by Gasteiger charge is 3.25. The molecule has 56 heteroatoms. The summed E-state index contributed by atoms with van der Waals surface area (Å²) in [6.07, 6.45) is -78.2. The molecule has 4 atom stereocenters. The summed E-state index contributed by atoms with van der Waals surface area (Å²) in [4.78, 5) is 1.60. The predicted octanol–water partition coefficient (Wildman–Crippen LogP) is 14.3. The first-order valence-corrected chi connectivity index (χ1v) is 17.4.